The molecular formula is C16H18FN3O. The van der Waals surface area contributed by atoms with Crippen LogP contribution in [-0.4, -0.2) is 19.0 Å². The van der Waals surface area contributed by atoms with Gasteiger partial charge in [0.05, 0.1) is 12.8 Å². The molecule has 2 aromatic rings. The average molecular weight is 287 g/mol. The molecule has 1 aromatic heterocycles. The molecule has 1 heterocycles. The van der Waals surface area contributed by atoms with Crippen LogP contribution >= 0.6 is 0 Å². The summed E-state index contributed by atoms with van der Waals surface area (Å²) in [5.41, 5.74) is 1.04. The van der Waals surface area contributed by atoms with Gasteiger partial charge in [-0.05, 0) is 36.2 Å². The van der Waals surface area contributed by atoms with Crippen molar-refractivity contribution in [3.8, 4) is 0 Å². The van der Waals surface area contributed by atoms with Crippen molar-refractivity contribution in [2.75, 3.05) is 7.05 Å². The minimum absolute atomic E-state index is 0.182. The zero-order chi connectivity index (χ0) is 14.7. The fourth-order valence-electron chi connectivity index (χ4n) is 2.41. The summed E-state index contributed by atoms with van der Waals surface area (Å²) in [6.45, 7) is 0.587. The summed E-state index contributed by atoms with van der Waals surface area (Å²) in [4.78, 5) is 4.19. The zero-order valence-corrected chi connectivity index (χ0v) is 11.8. The van der Waals surface area contributed by atoms with Crippen LogP contribution in [0.4, 0.5) is 4.39 Å². The molecule has 0 aliphatic heterocycles. The molecule has 0 spiro atoms. The second-order valence-corrected chi connectivity index (χ2v) is 5.15. The third-order valence-electron chi connectivity index (χ3n) is 3.62. The minimum atomic E-state index is -0.182. The number of hydrogen-bond donors (Lipinski definition) is 2. The SMILES string of the molecule is CN=C(NCc1ccco1)N[C@@H]1C[C@H]1c1cccc(F)c1. The number of halogens is 1. The summed E-state index contributed by atoms with van der Waals surface area (Å²) in [5.74, 6) is 1.76. The number of rotatable bonds is 4. The molecule has 1 aromatic carbocycles. The van der Waals surface area contributed by atoms with E-state index in [2.05, 4.69) is 15.6 Å². The standard InChI is InChI=1S/C16H18FN3O/c1-18-16(19-10-13-6-3-7-21-13)20-15-9-14(15)11-4-2-5-12(17)8-11/h2-8,14-15H,9-10H2,1H3,(H2,18,19,20)/t14-,15+/m0/s1. The molecule has 2 N–H and O–H groups in total. The highest BCUT2D eigenvalue weighted by Crippen LogP contribution is 2.40. The van der Waals surface area contributed by atoms with E-state index in [9.17, 15) is 4.39 Å². The van der Waals surface area contributed by atoms with E-state index in [0.717, 1.165) is 23.7 Å². The molecule has 0 radical (unpaired) electrons. The summed E-state index contributed by atoms with van der Waals surface area (Å²) in [7, 11) is 1.73. The lowest BCUT2D eigenvalue weighted by Gasteiger charge is -2.10. The second kappa shape index (κ2) is 5.99. The molecule has 1 aliphatic carbocycles. The van der Waals surface area contributed by atoms with Crippen molar-refractivity contribution in [1.29, 1.82) is 0 Å². The largest absolute Gasteiger partial charge is 0.467 e. The highest BCUT2D eigenvalue weighted by Gasteiger charge is 2.39. The maximum Gasteiger partial charge on any atom is 0.191 e. The van der Waals surface area contributed by atoms with Gasteiger partial charge in [0.25, 0.3) is 0 Å². The normalized spacial score (nSPS) is 21.1. The maximum absolute atomic E-state index is 13.2. The predicted molar refractivity (Wildman–Crippen MR) is 79.6 cm³/mol. The fourth-order valence-corrected chi connectivity index (χ4v) is 2.41. The Bertz CT molecular complexity index is 624. The molecule has 21 heavy (non-hydrogen) atoms. The van der Waals surface area contributed by atoms with Crippen molar-refractivity contribution in [1.82, 2.24) is 10.6 Å². The number of hydrogen-bond acceptors (Lipinski definition) is 2. The van der Waals surface area contributed by atoms with Crippen molar-refractivity contribution >= 4 is 5.96 Å². The second-order valence-electron chi connectivity index (χ2n) is 5.15. The molecule has 0 unspecified atom stereocenters. The van der Waals surface area contributed by atoms with Gasteiger partial charge in [0.1, 0.15) is 11.6 Å². The Morgan fingerprint density at radius 2 is 2.29 bits per heavy atom. The van der Waals surface area contributed by atoms with E-state index in [1.165, 1.54) is 6.07 Å². The number of furan rings is 1. The van der Waals surface area contributed by atoms with Crippen LogP contribution in [0, 0.1) is 5.82 Å². The Balaban J connectivity index is 1.52. The van der Waals surface area contributed by atoms with Crippen LogP contribution in [0.3, 0.4) is 0 Å². The molecule has 110 valence electrons. The lowest BCUT2D eigenvalue weighted by atomic mass is 10.1. The number of nitrogens with one attached hydrogen (secondary N) is 2. The molecule has 4 nitrogen and oxygen atoms in total. The first-order chi connectivity index (χ1) is 10.3. The van der Waals surface area contributed by atoms with Crippen molar-refractivity contribution < 1.29 is 8.81 Å². The van der Waals surface area contributed by atoms with Crippen molar-refractivity contribution in [3.05, 3.63) is 59.8 Å². The van der Waals surface area contributed by atoms with E-state index in [4.69, 9.17) is 4.42 Å². The lowest BCUT2D eigenvalue weighted by Crippen LogP contribution is -2.38. The maximum atomic E-state index is 13.2. The van der Waals surface area contributed by atoms with E-state index in [1.807, 2.05) is 18.2 Å². The first-order valence-corrected chi connectivity index (χ1v) is 7.01. The monoisotopic (exact) mass is 287 g/mol. The van der Waals surface area contributed by atoms with Gasteiger partial charge in [-0.2, -0.15) is 0 Å². The molecule has 0 bridgehead atoms. The van der Waals surface area contributed by atoms with Gasteiger partial charge in [0.15, 0.2) is 5.96 Å². The molecular weight excluding hydrogens is 269 g/mol. The molecule has 5 heteroatoms. The van der Waals surface area contributed by atoms with Gasteiger partial charge in [-0.25, -0.2) is 4.39 Å². The molecule has 1 fully saturated rings. The van der Waals surface area contributed by atoms with E-state index in [0.29, 0.717) is 18.5 Å². The third kappa shape index (κ3) is 3.42. The van der Waals surface area contributed by atoms with Gasteiger partial charge in [0.2, 0.25) is 0 Å². The van der Waals surface area contributed by atoms with E-state index in [-0.39, 0.29) is 5.82 Å². The van der Waals surface area contributed by atoms with Crippen LogP contribution in [0.1, 0.15) is 23.7 Å². The lowest BCUT2D eigenvalue weighted by molar-refractivity contribution is 0.501. The summed E-state index contributed by atoms with van der Waals surface area (Å²) in [6.07, 6.45) is 2.64. The summed E-state index contributed by atoms with van der Waals surface area (Å²) >= 11 is 0. The van der Waals surface area contributed by atoms with Gasteiger partial charge in [0, 0.05) is 19.0 Å². The quantitative estimate of drug-likeness (QED) is 0.671. The van der Waals surface area contributed by atoms with Gasteiger partial charge < -0.3 is 15.1 Å². The van der Waals surface area contributed by atoms with Gasteiger partial charge >= 0.3 is 0 Å². The predicted octanol–water partition coefficient (Wildman–Crippen LogP) is 2.64. The van der Waals surface area contributed by atoms with E-state index >= 15 is 0 Å². The van der Waals surface area contributed by atoms with Crippen LogP contribution in [0.5, 0.6) is 0 Å². The molecule has 1 saturated carbocycles. The molecule has 2 atom stereocenters. The summed E-state index contributed by atoms with van der Waals surface area (Å²) < 4.78 is 18.5. The Morgan fingerprint density at radius 3 is 3.00 bits per heavy atom. The van der Waals surface area contributed by atoms with Crippen LogP contribution in [0.15, 0.2) is 52.1 Å². The van der Waals surface area contributed by atoms with Gasteiger partial charge in [-0.1, -0.05) is 12.1 Å². The van der Waals surface area contributed by atoms with Gasteiger partial charge in [-0.15, -0.1) is 0 Å². The van der Waals surface area contributed by atoms with E-state index in [1.54, 1.807) is 25.4 Å². The fraction of sp³-hybridized carbons (Fsp3) is 0.312. The number of benzene rings is 1. The number of aliphatic imine (C=N–C) groups is 1. The topological polar surface area (TPSA) is 49.6 Å². The summed E-state index contributed by atoms with van der Waals surface area (Å²) in [6, 6.07) is 10.9. The van der Waals surface area contributed by atoms with Gasteiger partial charge in [-0.3, -0.25) is 4.99 Å². The molecule has 3 rings (SSSR count). The molecule has 0 saturated heterocycles. The molecule has 0 amide bonds. The Morgan fingerprint density at radius 1 is 1.38 bits per heavy atom. The molecule has 1 aliphatic rings. The van der Waals surface area contributed by atoms with Crippen LogP contribution in [0.2, 0.25) is 0 Å². The van der Waals surface area contributed by atoms with Crippen LogP contribution < -0.4 is 10.6 Å². The zero-order valence-electron chi connectivity index (χ0n) is 11.8. The highest BCUT2D eigenvalue weighted by molar-refractivity contribution is 5.80. The first kappa shape index (κ1) is 13.7. The van der Waals surface area contributed by atoms with Crippen LogP contribution in [-0.2, 0) is 6.54 Å². The highest BCUT2D eigenvalue weighted by atomic mass is 19.1. The smallest absolute Gasteiger partial charge is 0.191 e. The average Bonchev–Trinajstić information content (AvgIpc) is 3.06. The van der Waals surface area contributed by atoms with E-state index < -0.39 is 0 Å². The third-order valence-corrected chi connectivity index (χ3v) is 3.62. The first-order valence-electron chi connectivity index (χ1n) is 7.01. The van der Waals surface area contributed by atoms with Crippen molar-refractivity contribution in [2.24, 2.45) is 4.99 Å². The number of guanidine groups is 1. The minimum Gasteiger partial charge on any atom is -0.467 e. The number of nitrogens with zero attached hydrogens (tertiary/aromatic N) is 1. The Kier molecular flexibility index (Phi) is 3.90. The van der Waals surface area contributed by atoms with Crippen molar-refractivity contribution in [2.45, 2.75) is 24.9 Å². The Labute approximate surface area is 123 Å². The van der Waals surface area contributed by atoms with Crippen LogP contribution in [0.25, 0.3) is 0 Å². The Hall–Kier alpha value is -2.30. The summed E-state index contributed by atoms with van der Waals surface area (Å²) in [5, 5.41) is 6.54. The van der Waals surface area contributed by atoms with Crippen molar-refractivity contribution in [3.63, 3.8) is 0 Å².